The summed E-state index contributed by atoms with van der Waals surface area (Å²) in [5, 5.41) is 13.8. The maximum atomic E-state index is 9.44. The Labute approximate surface area is 114 Å². The van der Waals surface area contributed by atoms with Crippen molar-refractivity contribution in [3.8, 4) is 0 Å². The third-order valence-corrected chi connectivity index (χ3v) is 4.00. The molecule has 0 atom stereocenters. The molecule has 1 saturated carbocycles. The predicted octanol–water partition coefficient (Wildman–Crippen LogP) is 3.02. The van der Waals surface area contributed by atoms with Crippen molar-refractivity contribution in [1.29, 1.82) is 0 Å². The van der Waals surface area contributed by atoms with E-state index in [4.69, 9.17) is 11.6 Å². The summed E-state index contributed by atoms with van der Waals surface area (Å²) in [7, 11) is 0. The molecule has 1 aliphatic carbocycles. The molecule has 0 heterocycles. The molecular weight excluding hydrogens is 246 g/mol. The second-order valence-electron chi connectivity index (χ2n) is 5.26. The minimum absolute atomic E-state index is 0.0460. The summed E-state index contributed by atoms with van der Waals surface area (Å²) in [5.41, 5.74) is 1.32. The number of benzene rings is 1. The lowest BCUT2D eigenvalue weighted by molar-refractivity contribution is 0.108. The van der Waals surface area contributed by atoms with Crippen LogP contribution in [0.3, 0.4) is 0 Å². The number of aliphatic hydroxyl groups excluding tert-OH is 1. The Kier molecular flexibility index (Phi) is 5.48. The summed E-state index contributed by atoms with van der Waals surface area (Å²) in [4.78, 5) is 0. The van der Waals surface area contributed by atoms with E-state index in [9.17, 15) is 5.11 Å². The average Bonchev–Trinajstić information content (AvgIpc) is 2.39. The smallest absolute Gasteiger partial charge is 0.0540 e. The molecule has 2 nitrogen and oxygen atoms in total. The van der Waals surface area contributed by atoms with Gasteiger partial charge in [-0.3, -0.25) is 0 Å². The molecule has 1 fully saturated rings. The molecule has 1 aromatic carbocycles. The zero-order valence-corrected chi connectivity index (χ0v) is 11.5. The minimum atomic E-state index is -0.0460. The summed E-state index contributed by atoms with van der Waals surface area (Å²) in [6, 6.07) is 8.06. The van der Waals surface area contributed by atoms with Crippen molar-refractivity contribution in [2.75, 3.05) is 13.1 Å². The minimum Gasteiger partial charge on any atom is -0.393 e. The average molecular weight is 268 g/mol. The van der Waals surface area contributed by atoms with Crippen LogP contribution in [0.2, 0.25) is 5.02 Å². The van der Waals surface area contributed by atoms with Gasteiger partial charge in [-0.2, -0.15) is 0 Å². The first kappa shape index (κ1) is 13.9. The van der Waals surface area contributed by atoms with E-state index in [-0.39, 0.29) is 6.10 Å². The SMILES string of the molecule is OC1CCC(CNCCc2ccc(Cl)cc2)CC1. The highest BCUT2D eigenvalue weighted by Gasteiger charge is 2.18. The van der Waals surface area contributed by atoms with Crippen LogP contribution in [-0.2, 0) is 6.42 Å². The van der Waals surface area contributed by atoms with Gasteiger partial charge in [0.15, 0.2) is 0 Å². The Hall–Kier alpha value is -0.570. The Bertz CT molecular complexity index is 344. The Morgan fingerprint density at radius 1 is 1.11 bits per heavy atom. The third-order valence-electron chi connectivity index (χ3n) is 3.75. The lowest BCUT2D eigenvalue weighted by Crippen LogP contribution is -2.29. The summed E-state index contributed by atoms with van der Waals surface area (Å²) >= 11 is 5.85. The number of hydrogen-bond acceptors (Lipinski definition) is 2. The van der Waals surface area contributed by atoms with Gasteiger partial charge in [0.1, 0.15) is 0 Å². The van der Waals surface area contributed by atoms with Crippen molar-refractivity contribution < 1.29 is 5.11 Å². The van der Waals surface area contributed by atoms with E-state index >= 15 is 0 Å². The molecular formula is C15H22ClNO. The van der Waals surface area contributed by atoms with Crippen molar-refractivity contribution in [2.45, 2.75) is 38.2 Å². The number of rotatable bonds is 5. The van der Waals surface area contributed by atoms with E-state index in [0.29, 0.717) is 0 Å². The van der Waals surface area contributed by atoms with E-state index in [2.05, 4.69) is 17.4 Å². The molecule has 1 aliphatic rings. The highest BCUT2D eigenvalue weighted by molar-refractivity contribution is 6.30. The van der Waals surface area contributed by atoms with Gasteiger partial charge in [-0.1, -0.05) is 23.7 Å². The van der Waals surface area contributed by atoms with Crippen LogP contribution in [0.4, 0.5) is 0 Å². The molecule has 0 saturated heterocycles. The molecule has 0 aromatic heterocycles. The molecule has 1 aromatic rings. The highest BCUT2D eigenvalue weighted by atomic mass is 35.5. The molecule has 0 radical (unpaired) electrons. The van der Waals surface area contributed by atoms with Gasteiger partial charge in [0.2, 0.25) is 0 Å². The lowest BCUT2D eigenvalue weighted by atomic mass is 9.87. The maximum absolute atomic E-state index is 9.44. The Morgan fingerprint density at radius 3 is 2.44 bits per heavy atom. The first-order valence-corrected chi connectivity index (χ1v) is 7.25. The summed E-state index contributed by atoms with van der Waals surface area (Å²) in [5.74, 6) is 0.749. The van der Waals surface area contributed by atoms with Crippen LogP contribution in [0.15, 0.2) is 24.3 Å². The molecule has 0 amide bonds. The largest absolute Gasteiger partial charge is 0.393 e. The van der Waals surface area contributed by atoms with Crippen LogP contribution in [0, 0.1) is 5.92 Å². The molecule has 18 heavy (non-hydrogen) atoms. The van der Waals surface area contributed by atoms with Crippen molar-refractivity contribution in [3.63, 3.8) is 0 Å². The van der Waals surface area contributed by atoms with E-state index in [1.165, 1.54) is 5.56 Å². The molecule has 0 bridgehead atoms. The standard InChI is InChI=1S/C15H22ClNO/c16-14-5-1-12(2-6-14)9-10-17-11-13-3-7-15(18)8-4-13/h1-2,5-6,13,15,17-18H,3-4,7-11H2. The lowest BCUT2D eigenvalue weighted by Gasteiger charge is -2.25. The second kappa shape index (κ2) is 7.13. The highest BCUT2D eigenvalue weighted by Crippen LogP contribution is 2.23. The summed E-state index contributed by atoms with van der Waals surface area (Å²) < 4.78 is 0. The van der Waals surface area contributed by atoms with Crippen LogP contribution in [-0.4, -0.2) is 24.3 Å². The Balaban J connectivity index is 1.60. The number of hydrogen-bond donors (Lipinski definition) is 2. The molecule has 2 N–H and O–H groups in total. The predicted molar refractivity (Wildman–Crippen MR) is 76.0 cm³/mol. The van der Waals surface area contributed by atoms with Crippen LogP contribution in [0.25, 0.3) is 0 Å². The number of halogens is 1. The molecule has 2 rings (SSSR count). The molecule has 100 valence electrons. The molecule has 0 aliphatic heterocycles. The van der Waals surface area contributed by atoms with Gasteiger partial charge in [0.25, 0.3) is 0 Å². The second-order valence-corrected chi connectivity index (χ2v) is 5.69. The fraction of sp³-hybridized carbons (Fsp3) is 0.600. The van der Waals surface area contributed by atoms with E-state index in [0.717, 1.165) is 56.1 Å². The normalized spacial score (nSPS) is 24.1. The van der Waals surface area contributed by atoms with Gasteiger partial charge in [-0.15, -0.1) is 0 Å². The summed E-state index contributed by atoms with van der Waals surface area (Å²) in [6.45, 7) is 2.10. The van der Waals surface area contributed by atoms with Gasteiger partial charge in [0.05, 0.1) is 6.10 Å². The fourth-order valence-electron chi connectivity index (χ4n) is 2.54. The third kappa shape index (κ3) is 4.60. The topological polar surface area (TPSA) is 32.3 Å². The monoisotopic (exact) mass is 267 g/mol. The zero-order chi connectivity index (χ0) is 12.8. The number of aliphatic hydroxyl groups is 1. The van der Waals surface area contributed by atoms with E-state index < -0.39 is 0 Å². The quantitative estimate of drug-likeness (QED) is 0.804. The van der Waals surface area contributed by atoms with E-state index in [1.807, 2.05) is 12.1 Å². The van der Waals surface area contributed by atoms with Crippen LogP contribution in [0.5, 0.6) is 0 Å². The van der Waals surface area contributed by atoms with Crippen LogP contribution >= 0.6 is 11.6 Å². The van der Waals surface area contributed by atoms with E-state index in [1.54, 1.807) is 0 Å². The molecule has 0 unspecified atom stereocenters. The van der Waals surface area contributed by atoms with Crippen molar-refractivity contribution in [3.05, 3.63) is 34.9 Å². The fourth-order valence-corrected chi connectivity index (χ4v) is 2.66. The molecule has 3 heteroatoms. The van der Waals surface area contributed by atoms with Gasteiger partial charge in [-0.05, 0) is 68.8 Å². The van der Waals surface area contributed by atoms with Gasteiger partial charge < -0.3 is 10.4 Å². The first-order valence-electron chi connectivity index (χ1n) is 6.87. The molecule has 0 spiro atoms. The maximum Gasteiger partial charge on any atom is 0.0540 e. The van der Waals surface area contributed by atoms with Crippen LogP contribution < -0.4 is 5.32 Å². The first-order chi connectivity index (χ1) is 8.74. The van der Waals surface area contributed by atoms with Gasteiger partial charge >= 0.3 is 0 Å². The van der Waals surface area contributed by atoms with Crippen molar-refractivity contribution >= 4 is 11.6 Å². The van der Waals surface area contributed by atoms with Gasteiger partial charge in [-0.25, -0.2) is 0 Å². The van der Waals surface area contributed by atoms with Crippen molar-refractivity contribution in [1.82, 2.24) is 5.32 Å². The Morgan fingerprint density at radius 2 is 1.78 bits per heavy atom. The number of nitrogens with one attached hydrogen (secondary N) is 1. The van der Waals surface area contributed by atoms with Crippen LogP contribution in [0.1, 0.15) is 31.2 Å². The van der Waals surface area contributed by atoms with Gasteiger partial charge in [0, 0.05) is 5.02 Å². The van der Waals surface area contributed by atoms with Crippen molar-refractivity contribution in [2.24, 2.45) is 5.92 Å². The summed E-state index contributed by atoms with van der Waals surface area (Å²) in [6.07, 6.45) is 5.28. The zero-order valence-electron chi connectivity index (χ0n) is 10.7.